The number of aromatic nitrogens is 2. The third-order valence-corrected chi connectivity index (χ3v) is 4.43. The number of aromatic amines is 1. The van der Waals surface area contributed by atoms with Crippen molar-refractivity contribution in [1.29, 1.82) is 0 Å². The second kappa shape index (κ2) is 6.12. The molecule has 106 valence electrons. The molecule has 1 heterocycles. The third-order valence-electron chi connectivity index (χ3n) is 4.43. The molecule has 0 aliphatic heterocycles. The van der Waals surface area contributed by atoms with E-state index in [-0.39, 0.29) is 0 Å². The average Bonchev–Trinajstić information content (AvgIpc) is 3.03. The largest absolute Gasteiger partial charge is 0.382 e. The SMILES string of the molecule is CC(Nc1cccc(-c2ccn[nH]2)c1)C1CCCCC1. The first-order chi connectivity index (χ1) is 9.83. The van der Waals surface area contributed by atoms with Gasteiger partial charge in [0.1, 0.15) is 0 Å². The summed E-state index contributed by atoms with van der Waals surface area (Å²) in [5.74, 6) is 0.819. The Kier molecular flexibility index (Phi) is 4.05. The lowest BCUT2D eigenvalue weighted by atomic mass is 9.84. The zero-order valence-corrected chi connectivity index (χ0v) is 12.1. The summed E-state index contributed by atoms with van der Waals surface area (Å²) in [6, 6.07) is 11.1. The summed E-state index contributed by atoms with van der Waals surface area (Å²) in [6.07, 6.45) is 8.73. The van der Waals surface area contributed by atoms with E-state index in [2.05, 4.69) is 46.7 Å². The maximum Gasteiger partial charge on any atom is 0.0650 e. The number of benzene rings is 1. The van der Waals surface area contributed by atoms with E-state index in [4.69, 9.17) is 0 Å². The Labute approximate surface area is 120 Å². The summed E-state index contributed by atoms with van der Waals surface area (Å²) < 4.78 is 0. The van der Waals surface area contributed by atoms with Crippen molar-refractivity contribution in [2.75, 3.05) is 5.32 Å². The van der Waals surface area contributed by atoms with Gasteiger partial charge in [0.15, 0.2) is 0 Å². The van der Waals surface area contributed by atoms with Crippen LogP contribution in [0.3, 0.4) is 0 Å². The zero-order valence-electron chi connectivity index (χ0n) is 12.1. The van der Waals surface area contributed by atoms with Crippen LogP contribution in [0.5, 0.6) is 0 Å². The molecule has 1 aromatic carbocycles. The lowest BCUT2D eigenvalue weighted by Crippen LogP contribution is -2.27. The van der Waals surface area contributed by atoms with Gasteiger partial charge in [0, 0.05) is 23.5 Å². The first kappa shape index (κ1) is 13.2. The van der Waals surface area contributed by atoms with Crippen molar-refractivity contribution >= 4 is 5.69 Å². The van der Waals surface area contributed by atoms with Gasteiger partial charge in [-0.15, -0.1) is 0 Å². The molecule has 1 aliphatic rings. The number of H-pyrrole nitrogens is 1. The van der Waals surface area contributed by atoms with Gasteiger partial charge < -0.3 is 5.32 Å². The molecular weight excluding hydrogens is 246 g/mol. The quantitative estimate of drug-likeness (QED) is 0.860. The summed E-state index contributed by atoms with van der Waals surface area (Å²) in [5, 5.41) is 10.7. The molecule has 3 heteroatoms. The normalized spacial score (nSPS) is 17.9. The van der Waals surface area contributed by atoms with Crippen LogP contribution in [0.25, 0.3) is 11.3 Å². The first-order valence-corrected chi connectivity index (χ1v) is 7.69. The molecule has 20 heavy (non-hydrogen) atoms. The lowest BCUT2D eigenvalue weighted by Gasteiger charge is -2.29. The molecule has 2 aromatic rings. The van der Waals surface area contributed by atoms with Crippen LogP contribution in [0.4, 0.5) is 5.69 Å². The molecule has 1 aromatic heterocycles. The smallest absolute Gasteiger partial charge is 0.0650 e. The summed E-state index contributed by atoms with van der Waals surface area (Å²) in [4.78, 5) is 0. The van der Waals surface area contributed by atoms with Crippen LogP contribution in [-0.4, -0.2) is 16.2 Å². The summed E-state index contributed by atoms with van der Waals surface area (Å²) >= 11 is 0. The van der Waals surface area contributed by atoms with Gasteiger partial charge in [-0.1, -0.05) is 31.4 Å². The number of hydrogen-bond donors (Lipinski definition) is 2. The molecule has 0 amide bonds. The summed E-state index contributed by atoms with van der Waals surface area (Å²) in [5.41, 5.74) is 3.46. The first-order valence-electron chi connectivity index (χ1n) is 7.69. The van der Waals surface area contributed by atoms with Gasteiger partial charge in [-0.2, -0.15) is 5.10 Å². The van der Waals surface area contributed by atoms with E-state index in [0.29, 0.717) is 6.04 Å². The van der Waals surface area contributed by atoms with Crippen molar-refractivity contribution in [3.05, 3.63) is 36.5 Å². The molecule has 1 atom stereocenters. The van der Waals surface area contributed by atoms with E-state index >= 15 is 0 Å². The van der Waals surface area contributed by atoms with Gasteiger partial charge in [-0.05, 0) is 43.9 Å². The van der Waals surface area contributed by atoms with E-state index in [0.717, 1.165) is 11.6 Å². The van der Waals surface area contributed by atoms with Crippen LogP contribution in [0, 0.1) is 5.92 Å². The highest BCUT2D eigenvalue weighted by Gasteiger charge is 2.19. The number of anilines is 1. The number of rotatable bonds is 4. The van der Waals surface area contributed by atoms with Crippen molar-refractivity contribution in [2.24, 2.45) is 5.92 Å². The fourth-order valence-corrected chi connectivity index (χ4v) is 3.21. The lowest BCUT2D eigenvalue weighted by molar-refractivity contribution is 0.328. The van der Waals surface area contributed by atoms with E-state index in [1.165, 1.54) is 43.4 Å². The van der Waals surface area contributed by atoms with Crippen molar-refractivity contribution < 1.29 is 0 Å². The molecule has 3 rings (SSSR count). The number of nitrogens with zero attached hydrogens (tertiary/aromatic N) is 1. The van der Waals surface area contributed by atoms with Crippen molar-refractivity contribution in [1.82, 2.24) is 10.2 Å². The van der Waals surface area contributed by atoms with Gasteiger partial charge in [0.05, 0.1) is 5.69 Å². The molecule has 0 radical (unpaired) electrons. The Balaban J connectivity index is 1.69. The maximum absolute atomic E-state index is 4.02. The minimum atomic E-state index is 0.548. The van der Waals surface area contributed by atoms with Crippen LogP contribution in [0.2, 0.25) is 0 Å². The molecule has 2 N–H and O–H groups in total. The Hall–Kier alpha value is -1.77. The Morgan fingerprint density at radius 3 is 2.80 bits per heavy atom. The van der Waals surface area contributed by atoms with Crippen LogP contribution in [0.15, 0.2) is 36.5 Å². The fraction of sp³-hybridized carbons (Fsp3) is 0.471. The minimum absolute atomic E-state index is 0.548. The molecule has 1 saturated carbocycles. The highest BCUT2D eigenvalue weighted by atomic mass is 15.1. The van der Waals surface area contributed by atoms with E-state index in [1.807, 2.05) is 6.07 Å². The maximum atomic E-state index is 4.02. The molecule has 1 fully saturated rings. The van der Waals surface area contributed by atoms with Gasteiger partial charge in [0.25, 0.3) is 0 Å². The van der Waals surface area contributed by atoms with Crippen LogP contribution < -0.4 is 5.32 Å². The van der Waals surface area contributed by atoms with Gasteiger partial charge in [-0.3, -0.25) is 5.10 Å². The molecule has 1 aliphatic carbocycles. The minimum Gasteiger partial charge on any atom is -0.382 e. The molecule has 1 unspecified atom stereocenters. The van der Waals surface area contributed by atoms with Gasteiger partial charge in [0.2, 0.25) is 0 Å². The fourth-order valence-electron chi connectivity index (χ4n) is 3.21. The predicted molar refractivity (Wildman–Crippen MR) is 83.7 cm³/mol. The van der Waals surface area contributed by atoms with Gasteiger partial charge in [-0.25, -0.2) is 0 Å². The summed E-state index contributed by atoms with van der Waals surface area (Å²) in [6.45, 7) is 2.32. The molecule has 0 saturated heterocycles. The van der Waals surface area contributed by atoms with Gasteiger partial charge >= 0.3 is 0 Å². The molecule has 0 bridgehead atoms. The number of nitrogens with one attached hydrogen (secondary N) is 2. The Morgan fingerprint density at radius 1 is 1.20 bits per heavy atom. The Morgan fingerprint density at radius 2 is 2.05 bits per heavy atom. The molecular formula is C17H23N3. The van der Waals surface area contributed by atoms with E-state index < -0.39 is 0 Å². The average molecular weight is 269 g/mol. The van der Waals surface area contributed by atoms with Crippen LogP contribution in [0.1, 0.15) is 39.0 Å². The van der Waals surface area contributed by atoms with Crippen molar-refractivity contribution in [2.45, 2.75) is 45.1 Å². The predicted octanol–water partition coefficient (Wildman–Crippen LogP) is 4.46. The highest BCUT2D eigenvalue weighted by Crippen LogP contribution is 2.29. The number of hydrogen-bond acceptors (Lipinski definition) is 2. The molecule has 3 nitrogen and oxygen atoms in total. The highest BCUT2D eigenvalue weighted by molar-refractivity contribution is 5.64. The second-order valence-corrected chi connectivity index (χ2v) is 5.88. The second-order valence-electron chi connectivity index (χ2n) is 5.88. The van der Waals surface area contributed by atoms with Crippen molar-refractivity contribution in [3.63, 3.8) is 0 Å². The molecule has 0 spiro atoms. The van der Waals surface area contributed by atoms with Crippen LogP contribution >= 0.6 is 0 Å². The summed E-state index contributed by atoms with van der Waals surface area (Å²) in [7, 11) is 0. The standard InChI is InChI=1S/C17H23N3/c1-13(14-6-3-2-4-7-14)19-16-9-5-8-15(12-16)17-10-11-18-20-17/h5,8-14,19H,2-4,6-7H2,1H3,(H,18,20). The monoisotopic (exact) mass is 269 g/mol. The Bertz CT molecular complexity index is 527. The zero-order chi connectivity index (χ0) is 13.8. The van der Waals surface area contributed by atoms with Crippen LogP contribution in [-0.2, 0) is 0 Å². The third kappa shape index (κ3) is 3.03. The van der Waals surface area contributed by atoms with E-state index in [9.17, 15) is 0 Å². The topological polar surface area (TPSA) is 40.7 Å². The van der Waals surface area contributed by atoms with E-state index in [1.54, 1.807) is 6.20 Å². The van der Waals surface area contributed by atoms with Crippen molar-refractivity contribution in [3.8, 4) is 11.3 Å².